The smallest absolute Gasteiger partial charge is 0.261 e. The monoisotopic (exact) mass is 333 g/mol. The van der Waals surface area contributed by atoms with Crippen LogP contribution in [0.3, 0.4) is 0 Å². The Bertz CT molecular complexity index is 686. The van der Waals surface area contributed by atoms with Gasteiger partial charge in [0.2, 0.25) is 0 Å². The lowest BCUT2D eigenvalue weighted by molar-refractivity contribution is 0.0977. The van der Waals surface area contributed by atoms with E-state index in [1.54, 1.807) is 11.0 Å². The van der Waals surface area contributed by atoms with Gasteiger partial charge in [-0.15, -0.1) is 0 Å². The molecule has 2 aromatic carbocycles. The third-order valence-electron chi connectivity index (χ3n) is 3.58. The quantitative estimate of drug-likeness (QED) is 0.766. The molecule has 2 aromatic rings. The van der Waals surface area contributed by atoms with Crippen LogP contribution in [0.5, 0.6) is 0 Å². The molecule has 2 nitrogen and oxygen atoms in total. The summed E-state index contributed by atoms with van der Waals surface area (Å²) in [5.41, 5.74) is 2.11. The number of hydrogen-bond acceptors (Lipinski definition) is 1. The molecule has 0 fully saturated rings. The van der Waals surface area contributed by atoms with Gasteiger partial charge in [-0.2, -0.15) is 0 Å². The topological polar surface area (TPSA) is 20.3 Å². The molecule has 102 valence electrons. The molecule has 1 unspecified atom stereocenters. The van der Waals surface area contributed by atoms with Crippen molar-refractivity contribution in [2.24, 2.45) is 0 Å². The molecule has 1 aliphatic heterocycles. The van der Waals surface area contributed by atoms with Crippen LogP contribution in [-0.4, -0.2) is 11.9 Å². The molecular weight excluding hydrogens is 321 g/mol. The zero-order valence-corrected chi connectivity index (χ0v) is 12.5. The zero-order chi connectivity index (χ0) is 14.3. The van der Waals surface area contributed by atoms with Crippen LogP contribution in [0.1, 0.15) is 22.8 Å². The number of hydrogen-bond donors (Lipinski definition) is 0. The molecule has 1 aliphatic rings. The number of carbonyl (C=O) groups is 1. The van der Waals surface area contributed by atoms with E-state index in [-0.39, 0.29) is 17.5 Å². The molecular formula is C16H13BrFNO. The minimum absolute atomic E-state index is 0.0401. The second-order valence-electron chi connectivity index (χ2n) is 4.98. The second-order valence-corrected chi connectivity index (χ2v) is 5.90. The van der Waals surface area contributed by atoms with Crippen LogP contribution in [0, 0.1) is 5.82 Å². The first-order valence-electron chi connectivity index (χ1n) is 6.44. The van der Waals surface area contributed by atoms with E-state index in [0.29, 0.717) is 4.47 Å². The SMILES string of the molecule is CC1Cc2ccccc2N1C(=O)c1cc(Br)ccc1F. The number of fused-ring (bicyclic) bond motifs is 1. The number of carbonyl (C=O) groups excluding carboxylic acids is 1. The third-order valence-corrected chi connectivity index (χ3v) is 4.08. The Balaban J connectivity index is 2.05. The molecule has 0 aromatic heterocycles. The minimum Gasteiger partial charge on any atom is -0.305 e. The van der Waals surface area contributed by atoms with Crippen molar-refractivity contribution in [2.75, 3.05) is 4.90 Å². The highest BCUT2D eigenvalue weighted by atomic mass is 79.9. The van der Waals surface area contributed by atoms with Crippen LogP contribution in [0.25, 0.3) is 0 Å². The van der Waals surface area contributed by atoms with Crippen molar-refractivity contribution in [3.8, 4) is 0 Å². The molecule has 4 heteroatoms. The summed E-state index contributed by atoms with van der Waals surface area (Å²) in [5, 5.41) is 0. The van der Waals surface area contributed by atoms with E-state index in [2.05, 4.69) is 15.9 Å². The lowest BCUT2D eigenvalue weighted by atomic mass is 10.1. The van der Waals surface area contributed by atoms with E-state index in [1.165, 1.54) is 12.1 Å². The van der Waals surface area contributed by atoms with Crippen molar-refractivity contribution in [1.29, 1.82) is 0 Å². The summed E-state index contributed by atoms with van der Waals surface area (Å²) in [5.74, 6) is -0.781. The van der Waals surface area contributed by atoms with E-state index < -0.39 is 5.82 Å². The van der Waals surface area contributed by atoms with Crippen LogP contribution >= 0.6 is 15.9 Å². The highest BCUT2D eigenvalue weighted by Gasteiger charge is 2.32. The molecule has 0 spiro atoms. The molecule has 20 heavy (non-hydrogen) atoms. The number of halogens is 2. The fraction of sp³-hybridized carbons (Fsp3) is 0.188. The van der Waals surface area contributed by atoms with Crippen LogP contribution in [0.2, 0.25) is 0 Å². The summed E-state index contributed by atoms with van der Waals surface area (Å²) in [6.45, 7) is 1.98. The Labute approximate surface area is 125 Å². The summed E-state index contributed by atoms with van der Waals surface area (Å²) in [4.78, 5) is 14.3. The largest absolute Gasteiger partial charge is 0.305 e. The van der Waals surface area contributed by atoms with Crippen LogP contribution in [0.15, 0.2) is 46.9 Å². The predicted octanol–water partition coefficient (Wildman–Crippen LogP) is 4.18. The Morgan fingerprint density at radius 1 is 1.30 bits per heavy atom. The van der Waals surface area contributed by atoms with Crippen molar-refractivity contribution in [3.05, 3.63) is 63.9 Å². The van der Waals surface area contributed by atoms with E-state index in [0.717, 1.165) is 17.7 Å². The van der Waals surface area contributed by atoms with E-state index in [9.17, 15) is 9.18 Å². The van der Waals surface area contributed by atoms with Crippen molar-refractivity contribution < 1.29 is 9.18 Å². The summed E-state index contributed by atoms with van der Waals surface area (Å²) >= 11 is 3.28. The first-order chi connectivity index (χ1) is 9.58. The van der Waals surface area contributed by atoms with Crippen molar-refractivity contribution in [3.63, 3.8) is 0 Å². The molecule has 1 amide bonds. The zero-order valence-electron chi connectivity index (χ0n) is 10.9. The molecule has 0 saturated heterocycles. The van der Waals surface area contributed by atoms with E-state index in [4.69, 9.17) is 0 Å². The number of nitrogens with zero attached hydrogens (tertiary/aromatic N) is 1. The standard InChI is InChI=1S/C16H13BrFNO/c1-10-8-11-4-2-3-5-15(11)19(10)16(20)13-9-12(17)6-7-14(13)18/h2-7,9-10H,8H2,1H3. The van der Waals surface area contributed by atoms with Gasteiger partial charge in [-0.25, -0.2) is 4.39 Å². The van der Waals surface area contributed by atoms with Crippen molar-refractivity contribution >= 4 is 27.5 Å². The summed E-state index contributed by atoms with van der Waals surface area (Å²) < 4.78 is 14.6. The van der Waals surface area contributed by atoms with Gasteiger partial charge in [-0.3, -0.25) is 4.79 Å². The first kappa shape index (κ1) is 13.3. The number of amides is 1. The van der Waals surface area contributed by atoms with Gasteiger partial charge in [-0.05, 0) is 43.2 Å². The van der Waals surface area contributed by atoms with Gasteiger partial charge in [0.1, 0.15) is 5.82 Å². The maximum absolute atomic E-state index is 13.9. The average molecular weight is 334 g/mol. The average Bonchev–Trinajstić information content (AvgIpc) is 2.76. The van der Waals surface area contributed by atoms with Crippen molar-refractivity contribution in [2.45, 2.75) is 19.4 Å². The molecule has 1 atom stereocenters. The van der Waals surface area contributed by atoms with Gasteiger partial charge in [0, 0.05) is 16.2 Å². The highest BCUT2D eigenvalue weighted by Crippen LogP contribution is 2.33. The fourth-order valence-electron chi connectivity index (χ4n) is 2.67. The predicted molar refractivity (Wildman–Crippen MR) is 80.5 cm³/mol. The Kier molecular flexibility index (Phi) is 3.34. The molecule has 1 heterocycles. The molecule has 0 saturated carbocycles. The van der Waals surface area contributed by atoms with E-state index in [1.807, 2.05) is 31.2 Å². The Morgan fingerprint density at radius 3 is 2.85 bits per heavy atom. The van der Waals surface area contributed by atoms with Gasteiger partial charge in [0.25, 0.3) is 5.91 Å². The Morgan fingerprint density at radius 2 is 2.05 bits per heavy atom. The lowest BCUT2D eigenvalue weighted by Gasteiger charge is -2.23. The molecule has 0 bridgehead atoms. The molecule has 3 rings (SSSR count). The fourth-order valence-corrected chi connectivity index (χ4v) is 3.03. The van der Waals surface area contributed by atoms with Crippen LogP contribution in [-0.2, 0) is 6.42 Å². The normalized spacial score (nSPS) is 17.1. The van der Waals surface area contributed by atoms with Crippen molar-refractivity contribution in [1.82, 2.24) is 0 Å². The molecule has 0 radical (unpaired) electrons. The summed E-state index contributed by atoms with van der Waals surface area (Å²) in [6, 6.07) is 12.2. The van der Waals surface area contributed by atoms with Gasteiger partial charge in [0.15, 0.2) is 0 Å². The number of para-hydroxylation sites is 1. The molecule has 0 aliphatic carbocycles. The van der Waals surface area contributed by atoms with E-state index >= 15 is 0 Å². The number of anilines is 1. The lowest BCUT2D eigenvalue weighted by Crippen LogP contribution is -2.36. The summed E-state index contributed by atoms with van der Waals surface area (Å²) in [7, 11) is 0. The van der Waals surface area contributed by atoms with Gasteiger partial charge in [-0.1, -0.05) is 34.1 Å². The third kappa shape index (κ3) is 2.14. The maximum atomic E-state index is 13.9. The Hall–Kier alpha value is -1.68. The minimum atomic E-state index is -0.491. The first-order valence-corrected chi connectivity index (χ1v) is 7.24. The second kappa shape index (κ2) is 5.02. The number of benzene rings is 2. The van der Waals surface area contributed by atoms with Gasteiger partial charge < -0.3 is 4.90 Å². The van der Waals surface area contributed by atoms with Crippen LogP contribution < -0.4 is 4.90 Å². The van der Waals surface area contributed by atoms with Gasteiger partial charge >= 0.3 is 0 Å². The van der Waals surface area contributed by atoms with Gasteiger partial charge in [0.05, 0.1) is 5.56 Å². The van der Waals surface area contributed by atoms with Crippen LogP contribution in [0.4, 0.5) is 10.1 Å². The maximum Gasteiger partial charge on any atom is 0.261 e. The molecule has 0 N–H and O–H groups in total. The number of rotatable bonds is 1. The summed E-state index contributed by atoms with van der Waals surface area (Å²) in [6.07, 6.45) is 0.803. The highest BCUT2D eigenvalue weighted by molar-refractivity contribution is 9.10.